The summed E-state index contributed by atoms with van der Waals surface area (Å²) in [5, 5.41) is 0. The van der Waals surface area contributed by atoms with Gasteiger partial charge in [-0.15, -0.1) is 0 Å². The van der Waals surface area contributed by atoms with Crippen LogP contribution in [-0.4, -0.2) is 22.6 Å². The van der Waals surface area contributed by atoms with Crippen LogP contribution in [0, 0.1) is 0 Å². The summed E-state index contributed by atoms with van der Waals surface area (Å²) in [5.74, 6) is -0.537. The first-order valence-electron chi connectivity index (χ1n) is 3.71. The van der Waals surface area contributed by atoms with Crippen LogP contribution in [0.5, 0.6) is 0 Å². The van der Waals surface area contributed by atoms with E-state index in [2.05, 4.69) is 9.72 Å². The minimum atomic E-state index is -0.281. The van der Waals surface area contributed by atoms with E-state index in [0.29, 0.717) is 0 Å². The van der Waals surface area contributed by atoms with E-state index in [4.69, 9.17) is 0 Å². The predicted molar refractivity (Wildman–Crippen MR) is 43.6 cm³/mol. The Morgan fingerprint density at radius 1 is 1.75 bits per heavy atom. The Kier molecular flexibility index (Phi) is 2.47. The summed E-state index contributed by atoms with van der Waals surface area (Å²) in [5.41, 5.74) is 0.740. The Balaban J connectivity index is 2.77. The summed E-state index contributed by atoms with van der Waals surface area (Å²) in [6.45, 7) is 1.77. The third-order valence-corrected chi connectivity index (χ3v) is 1.72. The summed E-state index contributed by atoms with van der Waals surface area (Å²) in [7, 11) is 3.24. The molecular formula is C8H12N2O2. The van der Waals surface area contributed by atoms with E-state index in [-0.39, 0.29) is 11.9 Å². The van der Waals surface area contributed by atoms with Crippen molar-refractivity contribution in [3.05, 3.63) is 18.2 Å². The van der Waals surface area contributed by atoms with E-state index in [1.54, 1.807) is 17.8 Å². The second-order valence-corrected chi connectivity index (χ2v) is 2.71. The molecule has 0 saturated heterocycles. The van der Waals surface area contributed by atoms with Crippen LogP contribution in [0.15, 0.2) is 12.5 Å². The maximum Gasteiger partial charge on any atom is 0.314 e. The summed E-state index contributed by atoms with van der Waals surface area (Å²) >= 11 is 0. The molecule has 0 saturated carbocycles. The molecule has 1 unspecified atom stereocenters. The number of methoxy groups -OCH3 is 1. The summed E-state index contributed by atoms with van der Waals surface area (Å²) in [4.78, 5) is 15.1. The zero-order valence-corrected chi connectivity index (χ0v) is 7.44. The van der Waals surface area contributed by atoms with Gasteiger partial charge in [0.25, 0.3) is 0 Å². The molecule has 0 fully saturated rings. The first-order valence-corrected chi connectivity index (χ1v) is 3.71. The third-order valence-electron chi connectivity index (χ3n) is 1.72. The van der Waals surface area contributed by atoms with Crippen molar-refractivity contribution >= 4 is 5.97 Å². The maximum atomic E-state index is 11.1. The average Bonchev–Trinajstić information content (AvgIpc) is 2.49. The van der Waals surface area contributed by atoms with Gasteiger partial charge in [-0.2, -0.15) is 0 Å². The van der Waals surface area contributed by atoms with Gasteiger partial charge in [-0.25, -0.2) is 4.98 Å². The van der Waals surface area contributed by atoms with Crippen LogP contribution in [0.4, 0.5) is 0 Å². The number of esters is 1. The molecule has 0 bridgehead atoms. The molecule has 1 rings (SSSR count). The Hall–Kier alpha value is -1.32. The molecule has 1 heterocycles. The van der Waals surface area contributed by atoms with Crippen LogP contribution >= 0.6 is 0 Å². The largest absolute Gasteiger partial charge is 0.469 e. The third kappa shape index (κ3) is 1.64. The van der Waals surface area contributed by atoms with E-state index < -0.39 is 0 Å². The van der Waals surface area contributed by atoms with Gasteiger partial charge in [0.15, 0.2) is 0 Å². The van der Waals surface area contributed by atoms with Crippen molar-refractivity contribution in [2.45, 2.75) is 12.8 Å². The monoisotopic (exact) mass is 168 g/mol. The summed E-state index contributed by atoms with van der Waals surface area (Å²) in [6.07, 6.45) is 3.47. The lowest BCUT2D eigenvalue weighted by Crippen LogP contribution is -2.10. The number of carbonyl (C=O) groups excluding carboxylic acids is 1. The number of carbonyl (C=O) groups is 1. The molecule has 0 aliphatic carbocycles. The number of hydrogen-bond donors (Lipinski definition) is 0. The molecule has 1 aromatic rings. The van der Waals surface area contributed by atoms with Crippen LogP contribution in [0.2, 0.25) is 0 Å². The zero-order chi connectivity index (χ0) is 9.14. The highest BCUT2D eigenvalue weighted by Gasteiger charge is 2.17. The average molecular weight is 168 g/mol. The Bertz CT molecular complexity index is 280. The molecule has 12 heavy (non-hydrogen) atoms. The van der Waals surface area contributed by atoms with E-state index in [1.165, 1.54) is 7.11 Å². The van der Waals surface area contributed by atoms with Crippen molar-refractivity contribution in [1.82, 2.24) is 9.55 Å². The van der Waals surface area contributed by atoms with Gasteiger partial charge in [-0.05, 0) is 6.92 Å². The first-order chi connectivity index (χ1) is 5.65. The standard InChI is InChI=1S/C8H12N2O2/c1-6(8(11)12-3)7-4-10(2)5-9-7/h4-6H,1-3H3. The van der Waals surface area contributed by atoms with Gasteiger partial charge in [0, 0.05) is 13.2 Å². The predicted octanol–water partition coefficient (Wildman–Crippen LogP) is 0.697. The topological polar surface area (TPSA) is 44.1 Å². The van der Waals surface area contributed by atoms with Crippen molar-refractivity contribution in [3.63, 3.8) is 0 Å². The quantitative estimate of drug-likeness (QED) is 0.610. The van der Waals surface area contributed by atoms with Gasteiger partial charge in [-0.1, -0.05) is 0 Å². The number of rotatable bonds is 2. The molecule has 1 aromatic heterocycles. The number of aromatic nitrogens is 2. The first kappa shape index (κ1) is 8.77. The molecule has 0 aliphatic heterocycles. The van der Waals surface area contributed by atoms with E-state index in [9.17, 15) is 4.79 Å². The Morgan fingerprint density at radius 2 is 2.42 bits per heavy atom. The highest BCUT2D eigenvalue weighted by Crippen LogP contribution is 2.12. The van der Waals surface area contributed by atoms with Gasteiger partial charge in [0.05, 0.1) is 25.0 Å². The minimum absolute atomic E-state index is 0.256. The van der Waals surface area contributed by atoms with Gasteiger partial charge in [0.1, 0.15) is 0 Å². The molecule has 1 atom stereocenters. The van der Waals surface area contributed by atoms with Crippen molar-refractivity contribution in [3.8, 4) is 0 Å². The van der Waals surface area contributed by atoms with Gasteiger partial charge < -0.3 is 9.30 Å². The highest BCUT2D eigenvalue weighted by molar-refractivity contribution is 5.76. The molecule has 66 valence electrons. The zero-order valence-electron chi connectivity index (χ0n) is 7.44. The molecule has 0 N–H and O–H groups in total. The van der Waals surface area contributed by atoms with Crippen LogP contribution in [-0.2, 0) is 16.6 Å². The van der Waals surface area contributed by atoms with Crippen molar-refractivity contribution in [2.75, 3.05) is 7.11 Å². The number of imidazole rings is 1. The molecule has 0 aliphatic rings. The second-order valence-electron chi connectivity index (χ2n) is 2.71. The maximum absolute atomic E-state index is 11.1. The molecule has 0 radical (unpaired) electrons. The SMILES string of the molecule is COC(=O)C(C)c1cn(C)cn1. The minimum Gasteiger partial charge on any atom is -0.469 e. The number of aryl methyl sites for hydroxylation is 1. The Labute approximate surface area is 71.2 Å². The van der Waals surface area contributed by atoms with E-state index in [0.717, 1.165) is 5.69 Å². The fraction of sp³-hybridized carbons (Fsp3) is 0.500. The molecule has 0 amide bonds. The lowest BCUT2D eigenvalue weighted by Gasteiger charge is -2.04. The normalized spacial score (nSPS) is 12.6. The lowest BCUT2D eigenvalue weighted by atomic mass is 10.1. The van der Waals surface area contributed by atoms with Crippen LogP contribution in [0.3, 0.4) is 0 Å². The number of nitrogens with zero attached hydrogens (tertiary/aromatic N) is 2. The summed E-state index contributed by atoms with van der Waals surface area (Å²) in [6, 6.07) is 0. The van der Waals surface area contributed by atoms with Crippen LogP contribution in [0.1, 0.15) is 18.5 Å². The Morgan fingerprint density at radius 3 is 2.83 bits per heavy atom. The van der Waals surface area contributed by atoms with Crippen molar-refractivity contribution in [1.29, 1.82) is 0 Å². The molecule has 4 nitrogen and oxygen atoms in total. The summed E-state index contributed by atoms with van der Waals surface area (Å²) < 4.78 is 6.39. The van der Waals surface area contributed by atoms with E-state index in [1.807, 2.05) is 13.2 Å². The van der Waals surface area contributed by atoms with Gasteiger partial charge in [0.2, 0.25) is 0 Å². The lowest BCUT2D eigenvalue weighted by molar-refractivity contribution is -0.142. The van der Waals surface area contributed by atoms with E-state index >= 15 is 0 Å². The van der Waals surface area contributed by atoms with Gasteiger partial charge in [-0.3, -0.25) is 4.79 Å². The van der Waals surface area contributed by atoms with Gasteiger partial charge >= 0.3 is 5.97 Å². The van der Waals surface area contributed by atoms with Crippen molar-refractivity contribution in [2.24, 2.45) is 7.05 Å². The fourth-order valence-corrected chi connectivity index (χ4v) is 0.954. The van der Waals surface area contributed by atoms with Crippen molar-refractivity contribution < 1.29 is 9.53 Å². The smallest absolute Gasteiger partial charge is 0.314 e. The molecular weight excluding hydrogens is 156 g/mol. The highest BCUT2D eigenvalue weighted by atomic mass is 16.5. The molecule has 0 spiro atoms. The number of hydrogen-bond acceptors (Lipinski definition) is 3. The van der Waals surface area contributed by atoms with Crippen LogP contribution < -0.4 is 0 Å². The fourth-order valence-electron chi connectivity index (χ4n) is 0.954. The van der Waals surface area contributed by atoms with Crippen LogP contribution in [0.25, 0.3) is 0 Å². The molecule has 0 aromatic carbocycles. The molecule has 4 heteroatoms. The number of ether oxygens (including phenoxy) is 1. The second kappa shape index (κ2) is 3.38.